The summed E-state index contributed by atoms with van der Waals surface area (Å²) < 4.78 is 34.3. The highest BCUT2D eigenvalue weighted by molar-refractivity contribution is 6.31. The maximum Gasteiger partial charge on any atom is 0.258 e. The Labute approximate surface area is 216 Å². The minimum Gasteiger partial charge on any atom is -0.381 e. The molecule has 2 aliphatic carbocycles. The molecule has 1 fully saturated rings. The Morgan fingerprint density at radius 1 is 1.08 bits per heavy atom. The average molecular weight is 525 g/mol. The van der Waals surface area contributed by atoms with Crippen molar-refractivity contribution in [3.05, 3.63) is 70.0 Å². The summed E-state index contributed by atoms with van der Waals surface area (Å²) in [5.74, 6) is -0.993. The summed E-state index contributed by atoms with van der Waals surface area (Å²) >= 11 is 6.71. The zero-order chi connectivity index (χ0) is 26.3. The van der Waals surface area contributed by atoms with Crippen molar-refractivity contribution in [3.63, 3.8) is 0 Å². The van der Waals surface area contributed by atoms with E-state index in [0.717, 1.165) is 12.0 Å². The molecule has 11 heteroatoms. The zero-order valence-electron chi connectivity index (χ0n) is 20.6. The molecule has 1 N–H and O–H groups in total. The van der Waals surface area contributed by atoms with E-state index in [1.165, 1.54) is 38.2 Å². The summed E-state index contributed by atoms with van der Waals surface area (Å²) in [5, 5.41) is 23.3. The zero-order valence-corrected chi connectivity index (χ0v) is 21.3. The van der Waals surface area contributed by atoms with E-state index in [2.05, 4.69) is 39.2 Å². The third kappa shape index (κ3) is 3.28. The average Bonchev–Trinajstić information content (AvgIpc) is 3.48. The number of nitrogens with zero attached hydrogens (tertiary/aromatic N) is 6. The van der Waals surface area contributed by atoms with Crippen molar-refractivity contribution in [2.45, 2.75) is 57.5 Å². The van der Waals surface area contributed by atoms with Gasteiger partial charge in [0.15, 0.2) is 0 Å². The smallest absolute Gasteiger partial charge is 0.258 e. The Balaban J connectivity index is 1.51. The minimum absolute atomic E-state index is 0.0343. The van der Waals surface area contributed by atoms with Gasteiger partial charge in [0.05, 0.1) is 39.3 Å². The molecule has 1 saturated carbocycles. The predicted octanol–water partition coefficient (Wildman–Crippen LogP) is 5.35. The fraction of sp³-hybridized carbons (Fsp3) is 0.385. The Kier molecular flexibility index (Phi) is 5.07. The number of rotatable bonds is 4. The van der Waals surface area contributed by atoms with Gasteiger partial charge in [-0.1, -0.05) is 36.7 Å². The van der Waals surface area contributed by atoms with Crippen LogP contribution >= 0.6 is 11.6 Å². The first-order valence-electron chi connectivity index (χ1n) is 11.9. The van der Waals surface area contributed by atoms with Crippen LogP contribution in [-0.4, -0.2) is 35.4 Å². The van der Waals surface area contributed by atoms with Gasteiger partial charge < -0.3 is 9.63 Å². The van der Waals surface area contributed by atoms with Crippen LogP contribution in [0.1, 0.15) is 69.3 Å². The first-order chi connectivity index (χ1) is 17.4. The van der Waals surface area contributed by atoms with Crippen molar-refractivity contribution in [2.24, 2.45) is 5.41 Å². The van der Waals surface area contributed by atoms with Crippen LogP contribution in [0.15, 0.2) is 35.0 Å². The molecular formula is C26H23ClF2N6O2. The summed E-state index contributed by atoms with van der Waals surface area (Å²) in [7, 11) is 0. The minimum atomic E-state index is -1.32. The second kappa shape index (κ2) is 7.82. The molecule has 8 nitrogen and oxygen atoms in total. The summed E-state index contributed by atoms with van der Waals surface area (Å²) in [5.41, 5.74) is -0.364. The van der Waals surface area contributed by atoms with E-state index in [-0.39, 0.29) is 40.1 Å². The van der Waals surface area contributed by atoms with Gasteiger partial charge in [-0.2, -0.15) is 10.1 Å². The van der Waals surface area contributed by atoms with Gasteiger partial charge in [0.2, 0.25) is 11.6 Å². The Bertz CT molecular complexity index is 1550. The van der Waals surface area contributed by atoms with Crippen LogP contribution in [0.25, 0.3) is 22.9 Å². The Morgan fingerprint density at radius 3 is 2.49 bits per heavy atom. The van der Waals surface area contributed by atoms with Crippen LogP contribution < -0.4 is 0 Å². The number of halogens is 3. The van der Waals surface area contributed by atoms with Gasteiger partial charge in [-0.15, -0.1) is 5.10 Å². The normalized spacial score (nSPS) is 21.9. The third-order valence-electron chi connectivity index (χ3n) is 7.90. The molecule has 3 heterocycles. The van der Waals surface area contributed by atoms with Gasteiger partial charge >= 0.3 is 0 Å². The van der Waals surface area contributed by atoms with Crippen LogP contribution in [0.5, 0.6) is 0 Å². The van der Waals surface area contributed by atoms with Crippen molar-refractivity contribution in [3.8, 4) is 22.9 Å². The van der Waals surface area contributed by atoms with Gasteiger partial charge in [-0.25, -0.2) is 18.7 Å². The second-order valence-electron chi connectivity index (χ2n) is 10.7. The molecule has 0 saturated heterocycles. The van der Waals surface area contributed by atoms with Crippen molar-refractivity contribution >= 4 is 11.6 Å². The van der Waals surface area contributed by atoms with Crippen molar-refractivity contribution in [2.75, 3.05) is 0 Å². The Hall–Kier alpha value is -3.37. The molecule has 2 atom stereocenters. The van der Waals surface area contributed by atoms with Crippen LogP contribution in [0, 0.1) is 17.0 Å². The van der Waals surface area contributed by atoms with Gasteiger partial charge in [-0.05, 0) is 61.8 Å². The van der Waals surface area contributed by atoms with E-state index in [9.17, 15) is 13.9 Å². The molecular weight excluding hydrogens is 502 g/mol. The van der Waals surface area contributed by atoms with Gasteiger partial charge in [-0.3, -0.25) is 0 Å². The van der Waals surface area contributed by atoms with E-state index < -0.39 is 22.7 Å². The van der Waals surface area contributed by atoms with Crippen LogP contribution in [0.4, 0.5) is 8.78 Å². The number of hydrogen-bond acceptors (Lipinski definition) is 8. The largest absolute Gasteiger partial charge is 0.381 e. The first kappa shape index (κ1) is 24.0. The number of aromatic nitrogens is 6. The van der Waals surface area contributed by atoms with E-state index >= 15 is 0 Å². The lowest BCUT2D eigenvalue weighted by atomic mass is 9.66. The molecule has 0 radical (unpaired) electrons. The predicted molar refractivity (Wildman–Crippen MR) is 129 cm³/mol. The van der Waals surface area contributed by atoms with Crippen LogP contribution in [0.3, 0.4) is 0 Å². The molecule has 190 valence electrons. The van der Waals surface area contributed by atoms with E-state index in [4.69, 9.17) is 21.1 Å². The van der Waals surface area contributed by atoms with Gasteiger partial charge in [0.1, 0.15) is 17.2 Å². The molecule has 0 amide bonds. The fourth-order valence-corrected chi connectivity index (χ4v) is 6.30. The van der Waals surface area contributed by atoms with E-state index in [1.54, 1.807) is 6.07 Å². The second-order valence-corrected chi connectivity index (χ2v) is 11.1. The monoisotopic (exact) mass is 524 g/mol. The van der Waals surface area contributed by atoms with E-state index in [0.29, 0.717) is 22.8 Å². The summed E-state index contributed by atoms with van der Waals surface area (Å²) in [4.78, 5) is 13.4. The quantitative estimate of drug-likeness (QED) is 0.380. The summed E-state index contributed by atoms with van der Waals surface area (Å²) in [6.45, 7) is 7.31. The molecule has 0 unspecified atom stereocenters. The summed E-state index contributed by atoms with van der Waals surface area (Å²) in [6, 6.07) is 5.46. The fourth-order valence-electron chi connectivity index (χ4n) is 6.05. The number of benzene rings is 1. The van der Waals surface area contributed by atoms with Gasteiger partial charge in [0.25, 0.3) is 5.89 Å². The lowest BCUT2D eigenvalue weighted by Gasteiger charge is -2.37. The number of hydrogen-bond donors (Lipinski definition) is 1. The lowest BCUT2D eigenvalue weighted by Crippen LogP contribution is -2.38. The summed E-state index contributed by atoms with van der Waals surface area (Å²) in [6.07, 6.45) is 3.01. The first-order valence-corrected chi connectivity index (χ1v) is 12.3. The molecule has 4 aromatic rings. The molecule has 0 aliphatic heterocycles. The van der Waals surface area contributed by atoms with E-state index in [1.807, 2.05) is 0 Å². The Morgan fingerprint density at radius 2 is 1.81 bits per heavy atom. The SMILES string of the molecule is CC(C)(O)c1nc(-c2ncc(Cl)c([C@@]34CC[C@@H](c5cc(-c6c(F)cccc6F)nnc53)C4(C)C)n2)no1. The highest BCUT2D eigenvalue weighted by Gasteiger charge is 2.65. The van der Waals surface area contributed by atoms with Crippen LogP contribution in [0.2, 0.25) is 5.02 Å². The topological polar surface area (TPSA) is 111 Å². The molecule has 2 aliphatic rings. The lowest BCUT2D eigenvalue weighted by molar-refractivity contribution is 0.0420. The van der Waals surface area contributed by atoms with Crippen molar-refractivity contribution in [1.29, 1.82) is 0 Å². The van der Waals surface area contributed by atoms with Crippen molar-refractivity contribution in [1.82, 2.24) is 30.3 Å². The number of aliphatic hydroxyl groups is 1. The third-order valence-corrected chi connectivity index (χ3v) is 8.18. The van der Waals surface area contributed by atoms with Crippen LogP contribution in [-0.2, 0) is 11.0 Å². The molecule has 0 spiro atoms. The maximum absolute atomic E-state index is 14.5. The molecule has 6 rings (SSSR count). The highest BCUT2D eigenvalue weighted by Crippen LogP contribution is 2.70. The molecule has 3 aromatic heterocycles. The number of fused-ring (bicyclic) bond motifs is 5. The molecule has 37 heavy (non-hydrogen) atoms. The molecule has 1 aromatic carbocycles. The van der Waals surface area contributed by atoms with Crippen molar-refractivity contribution < 1.29 is 18.4 Å². The highest BCUT2D eigenvalue weighted by atomic mass is 35.5. The molecule has 2 bridgehead atoms. The van der Waals surface area contributed by atoms with Gasteiger partial charge in [0, 0.05) is 0 Å². The standard InChI is InChI=1S/C26H23ClF2N6O2/c1-24(2)13-8-9-26(24,19-12(13)10-17(33-34-19)18-15(28)6-5-7-16(18)29)20-14(27)11-30-21(31-20)22-32-23(37-35-22)25(3,4)36/h5-7,10-11,13,36H,8-9H2,1-4H3/t13-,26+/m0/s1. The maximum atomic E-state index is 14.5.